The molecule has 0 spiro atoms. The minimum absolute atomic E-state index is 0.128. The van der Waals surface area contributed by atoms with Crippen LogP contribution in [-0.2, 0) is 4.79 Å². The van der Waals surface area contributed by atoms with E-state index in [4.69, 9.17) is 25.8 Å². The summed E-state index contributed by atoms with van der Waals surface area (Å²) in [4.78, 5) is 26.8. The molecule has 2 N–H and O–H groups in total. The van der Waals surface area contributed by atoms with Gasteiger partial charge in [0.15, 0.2) is 6.04 Å². The molecule has 0 aromatic heterocycles. The van der Waals surface area contributed by atoms with Gasteiger partial charge < -0.3 is 29.5 Å². The zero-order chi connectivity index (χ0) is 24.9. The molecule has 2 atom stereocenters. The molecule has 0 saturated heterocycles. The predicted molar refractivity (Wildman–Crippen MR) is 132 cm³/mol. The number of halogens is 1. The zero-order valence-corrected chi connectivity index (χ0v) is 20.0. The minimum atomic E-state index is -1.31. The van der Waals surface area contributed by atoms with Gasteiger partial charge in [-0.1, -0.05) is 41.9 Å². The van der Waals surface area contributed by atoms with Gasteiger partial charge in [0.25, 0.3) is 5.91 Å². The first-order valence-electron chi connectivity index (χ1n) is 10.9. The number of aliphatic carboxylic acids is 1. The molecule has 1 aliphatic rings. The molecule has 0 fully saturated rings. The van der Waals surface area contributed by atoms with Crippen LogP contribution in [0.2, 0.25) is 5.02 Å². The van der Waals surface area contributed by atoms with Crippen molar-refractivity contribution in [3.05, 3.63) is 82.9 Å². The maximum absolute atomic E-state index is 12.9. The SMILES string of the molecule is COc1ccccc1[C@H](NC(=O)c1ccc(OC[C@@H]2CN(C)c3ccccc3O2)cc1Cl)C(=O)O. The predicted octanol–water partition coefficient (Wildman–Crippen LogP) is 4.18. The van der Waals surface area contributed by atoms with E-state index < -0.39 is 17.9 Å². The number of carbonyl (C=O) groups excluding carboxylic acids is 1. The van der Waals surface area contributed by atoms with Crippen molar-refractivity contribution in [2.24, 2.45) is 0 Å². The molecule has 8 nitrogen and oxygen atoms in total. The Kier molecular flexibility index (Phi) is 7.31. The maximum Gasteiger partial charge on any atom is 0.331 e. The van der Waals surface area contributed by atoms with Crippen molar-refractivity contribution < 1.29 is 28.9 Å². The highest BCUT2D eigenvalue weighted by molar-refractivity contribution is 6.34. The van der Waals surface area contributed by atoms with Gasteiger partial charge in [-0.3, -0.25) is 4.79 Å². The molecule has 9 heteroatoms. The number of likely N-dealkylation sites (N-methyl/N-ethyl adjacent to an activating group) is 1. The van der Waals surface area contributed by atoms with Crippen molar-refractivity contribution in [2.45, 2.75) is 12.1 Å². The summed E-state index contributed by atoms with van der Waals surface area (Å²) >= 11 is 6.35. The van der Waals surface area contributed by atoms with E-state index in [0.29, 0.717) is 23.6 Å². The van der Waals surface area contributed by atoms with Crippen LogP contribution < -0.4 is 24.4 Å². The van der Waals surface area contributed by atoms with E-state index in [-0.39, 0.29) is 23.3 Å². The molecule has 0 radical (unpaired) electrons. The van der Waals surface area contributed by atoms with Gasteiger partial charge in [0.1, 0.15) is 30.0 Å². The summed E-state index contributed by atoms with van der Waals surface area (Å²) in [6, 6.07) is 17.7. The Morgan fingerprint density at radius 2 is 1.91 bits per heavy atom. The number of fused-ring (bicyclic) bond motifs is 1. The normalized spacial score (nSPS) is 15.4. The summed E-state index contributed by atoms with van der Waals surface area (Å²) in [6.07, 6.45) is -0.186. The van der Waals surface area contributed by atoms with Crippen LogP contribution in [-0.4, -0.2) is 50.4 Å². The smallest absolute Gasteiger partial charge is 0.331 e. The Balaban J connectivity index is 1.42. The van der Waals surface area contributed by atoms with Crippen molar-refractivity contribution in [3.8, 4) is 17.2 Å². The molecule has 0 unspecified atom stereocenters. The molecule has 0 aliphatic carbocycles. The number of carboxylic acids is 1. The Morgan fingerprint density at radius 3 is 2.66 bits per heavy atom. The van der Waals surface area contributed by atoms with Crippen LogP contribution >= 0.6 is 11.6 Å². The van der Waals surface area contributed by atoms with Crippen LogP contribution in [0.4, 0.5) is 5.69 Å². The first kappa shape index (κ1) is 24.2. The Labute approximate surface area is 208 Å². The molecule has 1 amide bonds. The number of nitrogens with one attached hydrogen (secondary N) is 1. The standard InChI is InChI=1S/C26H25ClN2O6/c1-29-14-17(35-23-10-6-4-8-21(23)29)15-34-16-11-12-18(20(27)13-16)25(30)28-24(26(31)32)19-7-3-5-9-22(19)33-2/h3-13,17,24H,14-15H2,1-2H3,(H,28,30)(H,31,32)/t17-,24-/m0/s1. The summed E-state index contributed by atoms with van der Waals surface area (Å²) in [7, 11) is 3.43. The highest BCUT2D eigenvalue weighted by Crippen LogP contribution is 2.32. The average Bonchev–Trinajstić information content (AvgIpc) is 2.86. The number of methoxy groups -OCH3 is 1. The molecule has 35 heavy (non-hydrogen) atoms. The first-order valence-corrected chi connectivity index (χ1v) is 11.3. The van der Waals surface area contributed by atoms with Crippen molar-refractivity contribution >= 4 is 29.2 Å². The second-order valence-electron chi connectivity index (χ2n) is 8.03. The summed E-state index contributed by atoms with van der Waals surface area (Å²) in [5, 5.41) is 12.3. The third kappa shape index (κ3) is 5.44. The lowest BCUT2D eigenvalue weighted by atomic mass is 10.0. The quantitative estimate of drug-likeness (QED) is 0.483. The average molecular weight is 497 g/mol. The molecule has 182 valence electrons. The minimum Gasteiger partial charge on any atom is -0.496 e. The van der Waals surface area contributed by atoms with Crippen molar-refractivity contribution in [2.75, 3.05) is 32.2 Å². The number of nitrogens with zero attached hydrogens (tertiary/aromatic N) is 1. The van der Waals surface area contributed by atoms with Crippen molar-refractivity contribution in [1.29, 1.82) is 0 Å². The van der Waals surface area contributed by atoms with E-state index >= 15 is 0 Å². The van der Waals surface area contributed by atoms with E-state index in [1.54, 1.807) is 30.3 Å². The fourth-order valence-corrected chi connectivity index (χ4v) is 4.18. The lowest BCUT2D eigenvalue weighted by Crippen LogP contribution is -2.41. The lowest BCUT2D eigenvalue weighted by Gasteiger charge is -2.33. The van der Waals surface area contributed by atoms with Crippen molar-refractivity contribution in [3.63, 3.8) is 0 Å². The number of para-hydroxylation sites is 3. The molecule has 1 aliphatic heterocycles. The molecular weight excluding hydrogens is 472 g/mol. The van der Waals surface area contributed by atoms with Gasteiger partial charge in [0.05, 0.1) is 29.9 Å². The number of ether oxygens (including phenoxy) is 3. The van der Waals surface area contributed by atoms with Crippen LogP contribution in [0.3, 0.4) is 0 Å². The van der Waals surface area contributed by atoms with E-state index in [9.17, 15) is 14.7 Å². The number of rotatable bonds is 8. The fraction of sp³-hybridized carbons (Fsp3) is 0.231. The van der Waals surface area contributed by atoms with Gasteiger partial charge in [0, 0.05) is 12.6 Å². The van der Waals surface area contributed by atoms with Gasteiger partial charge in [-0.15, -0.1) is 0 Å². The molecule has 3 aromatic carbocycles. The first-order chi connectivity index (χ1) is 16.9. The molecule has 0 bridgehead atoms. The second-order valence-corrected chi connectivity index (χ2v) is 8.43. The summed E-state index contributed by atoms with van der Waals surface area (Å²) < 4.78 is 17.1. The Hall–Kier alpha value is -3.91. The summed E-state index contributed by atoms with van der Waals surface area (Å²) in [5.74, 6) is -0.237. The largest absolute Gasteiger partial charge is 0.496 e. The van der Waals surface area contributed by atoms with Crippen molar-refractivity contribution in [1.82, 2.24) is 5.32 Å². The molecule has 3 aromatic rings. The van der Waals surface area contributed by atoms with Crippen LogP contribution in [0.15, 0.2) is 66.7 Å². The number of anilines is 1. The summed E-state index contributed by atoms with van der Waals surface area (Å²) in [5.41, 5.74) is 1.48. The maximum atomic E-state index is 12.9. The number of hydrogen-bond acceptors (Lipinski definition) is 6. The van der Waals surface area contributed by atoms with E-state index in [2.05, 4.69) is 10.2 Å². The fourth-order valence-electron chi connectivity index (χ4n) is 3.92. The molecule has 4 rings (SSSR count). The third-order valence-electron chi connectivity index (χ3n) is 5.64. The number of hydrogen-bond donors (Lipinski definition) is 2. The van der Waals surface area contributed by atoms with E-state index in [1.807, 2.05) is 31.3 Å². The van der Waals surface area contributed by atoms with Gasteiger partial charge in [-0.2, -0.15) is 0 Å². The molecule has 0 saturated carbocycles. The second kappa shape index (κ2) is 10.6. The van der Waals surface area contributed by atoms with Gasteiger partial charge in [-0.25, -0.2) is 4.79 Å². The Bertz CT molecular complexity index is 1230. The molecule has 1 heterocycles. The number of carbonyl (C=O) groups is 2. The van der Waals surface area contributed by atoms with Gasteiger partial charge >= 0.3 is 5.97 Å². The summed E-state index contributed by atoms with van der Waals surface area (Å²) in [6.45, 7) is 0.945. The topological polar surface area (TPSA) is 97.3 Å². The van der Waals surface area contributed by atoms with Crippen LogP contribution in [0, 0.1) is 0 Å². The number of benzene rings is 3. The number of amides is 1. The van der Waals surface area contributed by atoms with E-state index in [1.165, 1.54) is 19.2 Å². The third-order valence-corrected chi connectivity index (χ3v) is 5.95. The molecular formula is C26H25ClN2O6. The lowest BCUT2D eigenvalue weighted by molar-refractivity contribution is -0.139. The van der Waals surface area contributed by atoms with E-state index in [0.717, 1.165) is 11.4 Å². The van der Waals surface area contributed by atoms with Crippen LogP contribution in [0.25, 0.3) is 0 Å². The van der Waals surface area contributed by atoms with Gasteiger partial charge in [0.2, 0.25) is 0 Å². The highest BCUT2D eigenvalue weighted by atomic mass is 35.5. The van der Waals surface area contributed by atoms with Crippen LogP contribution in [0.5, 0.6) is 17.2 Å². The van der Waals surface area contributed by atoms with Crippen LogP contribution in [0.1, 0.15) is 22.0 Å². The highest BCUT2D eigenvalue weighted by Gasteiger charge is 2.27. The monoisotopic (exact) mass is 496 g/mol. The van der Waals surface area contributed by atoms with Gasteiger partial charge in [-0.05, 0) is 36.4 Å². The Morgan fingerprint density at radius 1 is 1.17 bits per heavy atom. The number of carboxylic acid groups (broad SMARTS) is 1. The zero-order valence-electron chi connectivity index (χ0n) is 19.2.